The Kier molecular flexibility index (Phi) is 4.50. The summed E-state index contributed by atoms with van der Waals surface area (Å²) in [5.74, 6) is 0.0438. The third-order valence-electron chi connectivity index (χ3n) is 2.68. The fourth-order valence-electron chi connectivity index (χ4n) is 1.57. The molecule has 2 N–H and O–H groups in total. The van der Waals surface area contributed by atoms with Crippen LogP contribution >= 0.6 is 0 Å². The van der Waals surface area contributed by atoms with Gasteiger partial charge in [-0.1, -0.05) is 18.6 Å². The van der Waals surface area contributed by atoms with E-state index in [1.807, 2.05) is 26.0 Å². The van der Waals surface area contributed by atoms with Crippen LogP contribution in [0.15, 0.2) is 18.2 Å². The predicted octanol–water partition coefficient (Wildman–Crippen LogP) is 2.43. The summed E-state index contributed by atoms with van der Waals surface area (Å²) in [6, 6.07) is 5.54. The van der Waals surface area contributed by atoms with Gasteiger partial charge in [0.15, 0.2) is 5.78 Å². The molecular formula is C13H19NO2. The van der Waals surface area contributed by atoms with Crippen molar-refractivity contribution in [1.82, 2.24) is 0 Å². The van der Waals surface area contributed by atoms with Crippen molar-refractivity contribution in [3.8, 4) is 0 Å². The van der Waals surface area contributed by atoms with E-state index in [4.69, 9.17) is 10.5 Å². The zero-order valence-corrected chi connectivity index (χ0v) is 10.1. The van der Waals surface area contributed by atoms with Crippen molar-refractivity contribution in [3.05, 3.63) is 29.3 Å². The summed E-state index contributed by atoms with van der Waals surface area (Å²) in [5.41, 5.74) is 8.04. The molecule has 16 heavy (non-hydrogen) atoms. The van der Waals surface area contributed by atoms with E-state index >= 15 is 0 Å². The lowest BCUT2D eigenvalue weighted by atomic mass is 9.94. The molecule has 0 amide bonds. The summed E-state index contributed by atoms with van der Waals surface area (Å²) < 4.78 is 4.97. The Morgan fingerprint density at radius 1 is 1.50 bits per heavy atom. The van der Waals surface area contributed by atoms with E-state index in [-0.39, 0.29) is 11.7 Å². The zero-order valence-electron chi connectivity index (χ0n) is 10.1. The summed E-state index contributed by atoms with van der Waals surface area (Å²) in [4.78, 5) is 12.1. The molecule has 0 radical (unpaired) electrons. The number of carbonyl (C=O) groups excluding carboxylic acids is 1. The van der Waals surface area contributed by atoms with Crippen LogP contribution in [-0.4, -0.2) is 19.5 Å². The first kappa shape index (κ1) is 12.7. The smallest absolute Gasteiger partial charge is 0.167 e. The predicted molar refractivity (Wildman–Crippen MR) is 65.6 cm³/mol. The molecule has 0 heterocycles. The first-order valence-corrected chi connectivity index (χ1v) is 5.45. The van der Waals surface area contributed by atoms with Gasteiger partial charge in [0, 0.05) is 30.9 Å². The van der Waals surface area contributed by atoms with E-state index < -0.39 is 0 Å². The number of hydrogen-bond acceptors (Lipinski definition) is 3. The molecule has 1 rings (SSSR count). The molecule has 1 aromatic rings. The van der Waals surface area contributed by atoms with E-state index in [0.29, 0.717) is 17.9 Å². The SMILES string of the molecule is COCCC(C)C(=O)c1cc(C)ccc1N. The van der Waals surface area contributed by atoms with Gasteiger partial charge in [-0.05, 0) is 25.5 Å². The maximum atomic E-state index is 12.1. The van der Waals surface area contributed by atoms with Gasteiger partial charge in [-0.2, -0.15) is 0 Å². The molecule has 0 aliphatic carbocycles. The third-order valence-corrected chi connectivity index (χ3v) is 2.68. The Morgan fingerprint density at radius 2 is 2.19 bits per heavy atom. The average Bonchev–Trinajstić information content (AvgIpc) is 2.28. The summed E-state index contributed by atoms with van der Waals surface area (Å²) >= 11 is 0. The molecule has 0 saturated carbocycles. The minimum Gasteiger partial charge on any atom is -0.398 e. The summed E-state index contributed by atoms with van der Waals surface area (Å²) in [5, 5.41) is 0. The monoisotopic (exact) mass is 221 g/mol. The van der Waals surface area contributed by atoms with Crippen molar-refractivity contribution in [2.24, 2.45) is 5.92 Å². The van der Waals surface area contributed by atoms with Gasteiger partial charge in [-0.3, -0.25) is 4.79 Å². The van der Waals surface area contributed by atoms with Crippen LogP contribution in [0.3, 0.4) is 0 Å². The van der Waals surface area contributed by atoms with Gasteiger partial charge in [0.2, 0.25) is 0 Å². The highest BCUT2D eigenvalue weighted by atomic mass is 16.5. The molecule has 0 fully saturated rings. The van der Waals surface area contributed by atoms with Crippen LogP contribution in [0.5, 0.6) is 0 Å². The van der Waals surface area contributed by atoms with Crippen LogP contribution in [0, 0.1) is 12.8 Å². The number of carbonyl (C=O) groups is 1. The lowest BCUT2D eigenvalue weighted by Crippen LogP contribution is -2.15. The molecule has 0 saturated heterocycles. The number of aryl methyl sites for hydroxylation is 1. The Labute approximate surface area is 96.6 Å². The van der Waals surface area contributed by atoms with Crippen molar-refractivity contribution < 1.29 is 9.53 Å². The molecule has 3 nitrogen and oxygen atoms in total. The average molecular weight is 221 g/mol. The Bertz CT molecular complexity index is 374. The van der Waals surface area contributed by atoms with Gasteiger partial charge in [-0.25, -0.2) is 0 Å². The summed E-state index contributed by atoms with van der Waals surface area (Å²) in [6.45, 7) is 4.46. The van der Waals surface area contributed by atoms with Crippen LogP contribution in [0.1, 0.15) is 29.3 Å². The van der Waals surface area contributed by atoms with Crippen molar-refractivity contribution in [2.45, 2.75) is 20.3 Å². The van der Waals surface area contributed by atoms with Crippen molar-refractivity contribution in [2.75, 3.05) is 19.5 Å². The van der Waals surface area contributed by atoms with Gasteiger partial charge in [0.1, 0.15) is 0 Å². The molecule has 0 bridgehead atoms. The number of hydrogen-bond donors (Lipinski definition) is 1. The van der Waals surface area contributed by atoms with Crippen molar-refractivity contribution in [1.29, 1.82) is 0 Å². The van der Waals surface area contributed by atoms with Crippen LogP contribution in [-0.2, 0) is 4.74 Å². The maximum absolute atomic E-state index is 12.1. The largest absolute Gasteiger partial charge is 0.398 e. The van der Waals surface area contributed by atoms with Gasteiger partial charge in [0.05, 0.1) is 0 Å². The van der Waals surface area contributed by atoms with Gasteiger partial charge >= 0.3 is 0 Å². The summed E-state index contributed by atoms with van der Waals surface area (Å²) in [7, 11) is 1.64. The number of Topliss-reactive ketones (excluding diaryl/α,β-unsaturated/α-hetero) is 1. The second-order valence-electron chi connectivity index (χ2n) is 4.14. The zero-order chi connectivity index (χ0) is 12.1. The fourth-order valence-corrected chi connectivity index (χ4v) is 1.57. The van der Waals surface area contributed by atoms with Crippen LogP contribution in [0.4, 0.5) is 5.69 Å². The fraction of sp³-hybridized carbons (Fsp3) is 0.462. The molecule has 1 atom stereocenters. The standard InChI is InChI=1S/C13H19NO2/c1-9-4-5-12(14)11(8-9)13(15)10(2)6-7-16-3/h4-5,8,10H,6-7,14H2,1-3H3. The van der Waals surface area contributed by atoms with Crippen molar-refractivity contribution >= 4 is 11.5 Å². The highest BCUT2D eigenvalue weighted by molar-refractivity contribution is 6.02. The third kappa shape index (κ3) is 3.07. The molecule has 0 aliphatic heterocycles. The normalized spacial score (nSPS) is 12.4. The minimum absolute atomic E-state index is 0.0518. The van der Waals surface area contributed by atoms with Crippen molar-refractivity contribution in [3.63, 3.8) is 0 Å². The number of methoxy groups -OCH3 is 1. The molecule has 0 aliphatic rings. The van der Waals surface area contributed by atoms with Gasteiger partial charge < -0.3 is 10.5 Å². The molecule has 88 valence electrons. The second-order valence-corrected chi connectivity index (χ2v) is 4.14. The molecular weight excluding hydrogens is 202 g/mol. The quantitative estimate of drug-likeness (QED) is 0.613. The van der Waals surface area contributed by atoms with Gasteiger partial charge in [0.25, 0.3) is 0 Å². The first-order chi connectivity index (χ1) is 7.56. The number of nitrogen functional groups attached to an aromatic ring is 1. The van der Waals surface area contributed by atoms with Crippen LogP contribution < -0.4 is 5.73 Å². The number of rotatable bonds is 5. The van der Waals surface area contributed by atoms with Crippen LogP contribution in [0.2, 0.25) is 0 Å². The molecule has 1 aromatic carbocycles. The topological polar surface area (TPSA) is 52.3 Å². The molecule has 0 aromatic heterocycles. The second kappa shape index (κ2) is 5.66. The number of ketones is 1. The molecule has 1 unspecified atom stereocenters. The number of ether oxygens (including phenoxy) is 1. The molecule has 3 heteroatoms. The highest BCUT2D eigenvalue weighted by Crippen LogP contribution is 2.19. The van der Waals surface area contributed by atoms with Gasteiger partial charge in [-0.15, -0.1) is 0 Å². The number of anilines is 1. The minimum atomic E-state index is -0.0518. The Balaban J connectivity index is 2.83. The number of benzene rings is 1. The van der Waals surface area contributed by atoms with Crippen LogP contribution in [0.25, 0.3) is 0 Å². The first-order valence-electron chi connectivity index (χ1n) is 5.45. The highest BCUT2D eigenvalue weighted by Gasteiger charge is 2.17. The Hall–Kier alpha value is -1.35. The van der Waals surface area contributed by atoms with E-state index in [2.05, 4.69) is 0 Å². The van der Waals surface area contributed by atoms with E-state index in [1.165, 1.54) is 0 Å². The summed E-state index contributed by atoms with van der Waals surface area (Å²) in [6.07, 6.45) is 0.725. The molecule has 0 spiro atoms. The lowest BCUT2D eigenvalue weighted by Gasteiger charge is -2.12. The Morgan fingerprint density at radius 3 is 2.81 bits per heavy atom. The number of nitrogens with two attached hydrogens (primary N) is 1. The lowest BCUT2D eigenvalue weighted by molar-refractivity contribution is 0.0894. The maximum Gasteiger partial charge on any atom is 0.167 e. The van der Waals surface area contributed by atoms with E-state index in [9.17, 15) is 4.79 Å². The van der Waals surface area contributed by atoms with E-state index in [0.717, 1.165) is 12.0 Å². The van der Waals surface area contributed by atoms with E-state index in [1.54, 1.807) is 13.2 Å².